The Morgan fingerprint density at radius 2 is 2.36 bits per heavy atom. The topological polar surface area (TPSA) is 61.5 Å². The molecule has 1 amide bonds. The summed E-state index contributed by atoms with van der Waals surface area (Å²) in [5.74, 6) is -0.397. The van der Waals surface area contributed by atoms with Crippen molar-refractivity contribution >= 4 is 5.91 Å². The SMILES string of the molecule is COC1CCCC(C(N)=O)O1. The van der Waals surface area contributed by atoms with Gasteiger partial charge in [-0.1, -0.05) is 0 Å². The van der Waals surface area contributed by atoms with Crippen molar-refractivity contribution < 1.29 is 14.3 Å². The van der Waals surface area contributed by atoms with Crippen LogP contribution in [-0.4, -0.2) is 25.4 Å². The molecule has 2 N–H and O–H groups in total. The highest BCUT2D eigenvalue weighted by Crippen LogP contribution is 2.18. The number of rotatable bonds is 2. The van der Waals surface area contributed by atoms with Crippen LogP contribution in [0.4, 0.5) is 0 Å². The van der Waals surface area contributed by atoms with E-state index in [1.54, 1.807) is 7.11 Å². The first kappa shape index (κ1) is 8.49. The number of primary amides is 1. The zero-order chi connectivity index (χ0) is 8.27. The summed E-state index contributed by atoms with van der Waals surface area (Å²) in [5, 5.41) is 0. The summed E-state index contributed by atoms with van der Waals surface area (Å²) in [6, 6.07) is 0. The van der Waals surface area contributed by atoms with E-state index in [0.717, 1.165) is 19.3 Å². The predicted molar refractivity (Wildman–Crippen MR) is 38.7 cm³/mol. The molecule has 1 heterocycles. The highest BCUT2D eigenvalue weighted by Gasteiger charge is 2.25. The van der Waals surface area contributed by atoms with Crippen LogP contribution in [0.1, 0.15) is 19.3 Å². The lowest BCUT2D eigenvalue weighted by molar-refractivity contribution is -0.185. The Labute approximate surface area is 65.7 Å². The molecule has 0 bridgehead atoms. The van der Waals surface area contributed by atoms with Crippen LogP contribution in [0, 0.1) is 0 Å². The molecule has 1 aliphatic heterocycles. The second-order valence-electron chi connectivity index (χ2n) is 2.62. The van der Waals surface area contributed by atoms with Gasteiger partial charge < -0.3 is 15.2 Å². The normalized spacial score (nSPS) is 31.7. The van der Waals surface area contributed by atoms with Gasteiger partial charge in [0, 0.05) is 7.11 Å². The van der Waals surface area contributed by atoms with Crippen molar-refractivity contribution in [3.8, 4) is 0 Å². The van der Waals surface area contributed by atoms with Gasteiger partial charge in [-0.15, -0.1) is 0 Å². The van der Waals surface area contributed by atoms with Crippen molar-refractivity contribution in [1.82, 2.24) is 0 Å². The van der Waals surface area contributed by atoms with E-state index < -0.39 is 12.0 Å². The van der Waals surface area contributed by atoms with Gasteiger partial charge in [-0.25, -0.2) is 0 Å². The molecule has 1 aliphatic rings. The summed E-state index contributed by atoms with van der Waals surface area (Å²) in [4.78, 5) is 10.7. The fourth-order valence-electron chi connectivity index (χ4n) is 1.17. The standard InChI is InChI=1S/C7H13NO3/c1-10-6-4-2-3-5(11-6)7(8)9/h5-6H,2-4H2,1H3,(H2,8,9). The molecule has 0 aromatic carbocycles. The molecule has 0 saturated carbocycles. The van der Waals surface area contributed by atoms with Crippen LogP contribution in [0.2, 0.25) is 0 Å². The minimum absolute atomic E-state index is 0.249. The Morgan fingerprint density at radius 3 is 2.91 bits per heavy atom. The summed E-state index contributed by atoms with van der Waals surface area (Å²) in [6.45, 7) is 0. The van der Waals surface area contributed by atoms with E-state index >= 15 is 0 Å². The largest absolute Gasteiger partial charge is 0.367 e. The maximum absolute atomic E-state index is 10.7. The van der Waals surface area contributed by atoms with Gasteiger partial charge in [0.15, 0.2) is 6.29 Å². The maximum atomic E-state index is 10.7. The smallest absolute Gasteiger partial charge is 0.246 e. The minimum atomic E-state index is -0.450. The number of carbonyl (C=O) groups excluding carboxylic acids is 1. The summed E-state index contributed by atoms with van der Waals surface area (Å²) in [7, 11) is 1.56. The van der Waals surface area contributed by atoms with Gasteiger partial charge in [0.05, 0.1) is 0 Å². The van der Waals surface area contributed by atoms with E-state index in [4.69, 9.17) is 15.2 Å². The molecule has 1 saturated heterocycles. The molecule has 0 aromatic rings. The van der Waals surface area contributed by atoms with E-state index in [2.05, 4.69) is 0 Å². The molecule has 1 fully saturated rings. The molecule has 0 aromatic heterocycles. The van der Waals surface area contributed by atoms with Crippen LogP contribution >= 0.6 is 0 Å². The van der Waals surface area contributed by atoms with Gasteiger partial charge in [-0.3, -0.25) is 4.79 Å². The quantitative estimate of drug-likeness (QED) is 0.617. The van der Waals surface area contributed by atoms with E-state index in [9.17, 15) is 4.79 Å². The third kappa shape index (κ3) is 2.17. The predicted octanol–water partition coefficient (Wildman–Crippen LogP) is 0.0133. The maximum Gasteiger partial charge on any atom is 0.246 e. The number of methoxy groups -OCH3 is 1. The van der Waals surface area contributed by atoms with E-state index in [1.165, 1.54) is 0 Å². The zero-order valence-corrected chi connectivity index (χ0v) is 6.58. The second-order valence-corrected chi connectivity index (χ2v) is 2.62. The minimum Gasteiger partial charge on any atom is -0.367 e. The zero-order valence-electron chi connectivity index (χ0n) is 6.58. The highest BCUT2D eigenvalue weighted by molar-refractivity contribution is 5.78. The molecule has 0 aliphatic carbocycles. The molecule has 4 nitrogen and oxygen atoms in total. The lowest BCUT2D eigenvalue weighted by Gasteiger charge is -2.26. The average molecular weight is 159 g/mol. The molecule has 11 heavy (non-hydrogen) atoms. The van der Waals surface area contributed by atoms with Crippen molar-refractivity contribution in [1.29, 1.82) is 0 Å². The van der Waals surface area contributed by atoms with Crippen molar-refractivity contribution in [2.24, 2.45) is 5.73 Å². The van der Waals surface area contributed by atoms with Crippen LogP contribution in [0.3, 0.4) is 0 Å². The van der Waals surface area contributed by atoms with Gasteiger partial charge in [0.1, 0.15) is 6.10 Å². The molecule has 0 radical (unpaired) electrons. The molecular formula is C7H13NO3. The van der Waals surface area contributed by atoms with Crippen LogP contribution in [0.25, 0.3) is 0 Å². The first-order valence-electron chi connectivity index (χ1n) is 3.71. The van der Waals surface area contributed by atoms with Crippen LogP contribution in [-0.2, 0) is 14.3 Å². The highest BCUT2D eigenvalue weighted by atomic mass is 16.7. The van der Waals surface area contributed by atoms with E-state index in [1.807, 2.05) is 0 Å². The second kappa shape index (κ2) is 3.69. The van der Waals surface area contributed by atoms with Gasteiger partial charge in [-0.2, -0.15) is 0 Å². The Morgan fingerprint density at radius 1 is 1.64 bits per heavy atom. The van der Waals surface area contributed by atoms with Gasteiger partial charge in [0.2, 0.25) is 5.91 Å². The fourth-order valence-corrected chi connectivity index (χ4v) is 1.17. The first-order valence-corrected chi connectivity index (χ1v) is 3.71. The van der Waals surface area contributed by atoms with Gasteiger partial charge in [-0.05, 0) is 19.3 Å². The number of ether oxygens (including phenoxy) is 2. The van der Waals surface area contributed by atoms with E-state index in [0.29, 0.717) is 0 Å². The first-order chi connectivity index (χ1) is 5.24. The lowest BCUT2D eigenvalue weighted by atomic mass is 10.1. The van der Waals surface area contributed by atoms with E-state index in [-0.39, 0.29) is 6.29 Å². The van der Waals surface area contributed by atoms with Crippen molar-refractivity contribution in [2.75, 3.05) is 7.11 Å². The Balaban J connectivity index is 2.39. The Bertz CT molecular complexity index is 149. The number of amides is 1. The molecule has 2 atom stereocenters. The average Bonchev–Trinajstić information content (AvgIpc) is 2.05. The summed E-state index contributed by atoms with van der Waals surface area (Å²) in [6.07, 6.45) is 1.80. The summed E-state index contributed by atoms with van der Waals surface area (Å²) >= 11 is 0. The third-order valence-corrected chi connectivity index (χ3v) is 1.80. The summed E-state index contributed by atoms with van der Waals surface area (Å²) < 4.78 is 10.1. The van der Waals surface area contributed by atoms with Crippen molar-refractivity contribution in [3.63, 3.8) is 0 Å². The third-order valence-electron chi connectivity index (χ3n) is 1.80. The van der Waals surface area contributed by atoms with Gasteiger partial charge in [0.25, 0.3) is 0 Å². The molecular weight excluding hydrogens is 146 g/mol. The number of carbonyl (C=O) groups is 1. The Hall–Kier alpha value is -0.610. The lowest BCUT2D eigenvalue weighted by Crippen LogP contribution is -2.38. The van der Waals surface area contributed by atoms with Gasteiger partial charge >= 0.3 is 0 Å². The van der Waals surface area contributed by atoms with Crippen LogP contribution < -0.4 is 5.73 Å². The number of hydrogen-bond acceptors (Lipinski definition) is 3. The Kier molecular flexibility index (Phi) is 2.84. The monoisotopic (exact) mass is 159 g/mol. The number of hydrogen-bond donors (Lipinski definition) is 1. The van der Waals surface area contributed by atoms with Crippen LogP contribution in [0.15, 0.2) is 0 Å². The molecule has 4 heteroatoms. The fraction of sp³-hybridized carbons (Fsp3) is 0.857. The molecule has 64 valence electrons. The van der Waals surface area contributed by atoms with Crippen LogP contribution in [0.5, 0.6) is 0 Å². The molecule has 2 unspecified atom stereocenters. The molecule has 1 rings (SSSR count). The van der Waals surface area contributed by atoms with Crippen molar-refractivity contribution in [3.05, 3.63) is 0 Å². The molecule has 0 spiro atoms. The summed E-state index contributed by atoms with van der Waals surface area (Å²) in [5.41, 5.74) is 5.06. The van der Waals surface area contributed by atoms with Crippen molar-refractivity contribution in [2.45, 2.75) is 31.7 Å². The number of nitrogens with two attached hydrogens (primary N) is 1.